The number of thiophene rings is 1. The average Bonchev–Trinajstić information content (AvgIpc) is 3.26. The lowest BCUT2D eigenvalue weighted by atomic mass is 9.95. The van der Waals surface area contributed by atoms with Gasteiger partial charge in [-0.1, -0.05) is 0 Å². The zero-order chi connectivity index (χ0) is 16.5. The van der Waals surface area contributed by atoms with Crippen LogP contribution in [0.25, 0.3) is 10.9 Å². The van der Waals surface area contributed by atoms with Gasteiger partial charge in [0.2, 0.25) is 0 Å². The number of amides is 1. The number of carbonyl (C=O) groups is 1. The van der Waals surface area contributed by atoms with Gasteiger partial charge in [0.25, 0.3) is 5.91 Å². The molecule has 1 amide bonds. The number of H-pyrrole nitrogens is 1. The number of aliphatic hydroxyl groups excluding tert-OH is 1. The molecule has 124 valence electrons. The summed E-state index contributed by atoms with van der Waals surface area (Å²) in [5.41, 5.74) is 5.28. The summed E-state index contributed by atoms with van der Waals surface area (Å²) in [6.07, 6.45) is 3.95. The van der Waals surface area contributed by atoms with Crippen molar-refractivity contribution >= 4 is 28.1 Å². The van der Waals surface area contributed by atoms with Gasteiger partial charge in [-0.3, -0.25) is 4.79 Å². The maximum Gasteiger partial charge on any atom is 0.251 e. The first-order chi connectivity index (χ1) is 11.7. The molecular formula is C19H20N2O2S. The fourth-order valence-electron chi connectivity index (χ4n) is 3.42. The van der Waals surface area contributed by atoms with E-state index in [1.54, 1.807) is 0 Å². The van der Waals surface area contributed by atoms with Crippen molar-refractivity contribution in [1.29, 1.82) is 0 Å². The first-order valence-corrected chi connectivity index (χ1v) is 9.28. The molecule has 24 heavy (non-hydrogen) atoms. The van der Waals surface area contributed by atoms with E-state index in [-0.39, 0.29) is 12.5 Å². The van der Waals surface area contributed by atoms with E-state index in [1.807, 2.05) is 35.0 Å². The molecule has 0 fully saturated rings. The second kappa shape index (κ2) is 6.42. The highest BCUT2D eigenvalue weighted by Gasteiger charge is 2.17. The lowest BCUT2D eigenvalue weighted by Crippen LogP contribution is -2.28. The topological polar surface area (TPSA) is 65.1 Å². The maximum absolute atomic E-state index is 12.4. The fraction of sp³-hybridized carbons (Fsp3) is 0.316. The number of aromatic amines is 1. The molecule has 1 aliphatic carbocycles. The van der Waals surface area contributed by atoms with Crippen LogP contribution >= 0.6 is 11.3 Å². The van der Waals surface area contributed by atoms with Crippen molar-refractivity contribution in [2.75, 3.05) is 6.54 Å². The first-order valence-electron chi connectivity index (χ1n) is 8.34. The molecule has 0 radical (unpaired) electrons. The Bertz CT molecular complexity index is 867. The van der Waals surface area contributed by atoms with Crippen LogP contribution in [0, 0.1) is 0 Å². The molecule has 3 N–H and O–H groups in total. The lowest BCUT2D eigenvalue weighted by molar-refractivity contribution is 0.0916. The van der Waals surface area contributed by atoms with E-state index < -0.39 is 6.10 Å². The van der Waals surface area contributed by atoms with Crippen molar-refractivity contribution in [3.63, 3.8) is 0 Å². The van der Waals surface area contributed by atoms with Crippen LogP contribution in [0.3, 0.4) is 0 Å². The number of carbonyl (C=O) groups excluding carboxylic acids is 1. The van der Waals surface area contributed by atoms with Gasteiger partial charge < -0.3 is 15.4 Å². The zero-order valence-corrected chi connectivity index (χ0v) is 14.2. The van der Waals surface area contributed by atoms with Gasteiger partial charge in [0.1, 0.15) is 0 Å². The van der Waals surface area contributed by atoms with Crippen molar-refractivity contribution in [2.45, 2.75) is 31.8 Å². The molecule has 4 nitrogen and oxygen atoms in total. The zero-order valence-electron chi connectivity index (χ0n) is 13.3. The molecular weight excluding hydrogens is 320 g/mol. The third-order valence-corrected chi connectivity index (χ3v) is 5.45. The fourth-order valence-corrected chi connectivity index (χ4v) is 4.13. The molecule has 0 spiro atoms. The summed E-state index contributed by atoms with van der Waals surface area (Å²) in [6, 6.07) is 7.68. The van der Waals surface area contributed by atoms with E-state index in [0.29, 0.717) is 5.56 Å². The van der Waals surface area contributed by atoms with Crippen molar-refractivity contribution < 1.29 is 9.90 Å². The maximum atomic E-state index is 12.4. The molecule has 0 aliphatic heterocycles. The highest BCUT2D eigenvalue weighted by Crippen LogP contribution is 2.29. The smallest absolute Gasteiger partial charge is 0.251 e. The number of benzene rings is 1. The summed E-state index contributed by atoms with van der Waals surface area (Å²) in [5, 5.41) is 17.9. The van der Waals surface area contributed by atoms with Gasteiger partial charge in [0, 0.05) is 28.7 Å². The van der Waals surface area contributed by atoms with Gasteiger partial charge in [-0.15, -0.1) is 0 Å². The van der Waals surface area contributed by atoms with Gasteiger partial charge >= 0.3 is 0 Å². The lowest BCUT2D eigenvalue weighted by Gasteiger charge is -2.12. The molecule has 4 rings (SSSR count). The Morgan fingerprint density at radius 2 is 2.17 bits per heavy atom. The summed E-state index contributed by atoms with van der Waals surface area (Å²) >= 11 is 1.54. The predicted octanol–water partition coefficient (Wildman–Crippen LogP) is 3.57. The third-order valence-electron chi connectivity index (χ3n) is 4.74. The third kappa shape index (κ3) is 2.85. The van der Waals surface area contributed by atoms with Crippen LogP contribution in [0.2, 0.25) is 0 Å². The Labute approximate surface area is 144 Å². The van der Waals surface area contributed by atoms with Crippen LogP contribution in [-0.2, 0) is 12.8 Å². The van der Waals surface area contributed by atoms with Crippen LogP contribution in [-0.4, -0.2) is 22.5 Å². The van der Waals surface area contributed by atoms with E-state index in [9.17, 15) is 9.90 Å². The Morgan fingerprint density at radius 3 is 3.00 bits per heavy atom. The van der Waals surface area contributed by atoms with Crippen molar-refractivity contribution in [1.82, 2.24) is 10.3 Å². The monoisotopic (exact) mass is 340 g/mol. The number of aliphatic hydroxyl groups is 1. The number of fused-ring (bicyclic) bond motifs is 3. The minimum Gasteiger partial charge on any atom is -0.387 e. The highest BCUT2D eigenvalue weighted by atomic mass is 32.1. The number of aromatic nitrogens is 1. The van der Waals surface area contributed by atoms with Crippen LogP contribution in [0.15, 0.2) is 35.0 Å². The van der Waals surface area contributed by atoms with E-state index in [0.717, 1.165) is 29.3 Å². The molecule has 1 aromatic carbocycles. The number of hydrogen-bond acceptors (Lipinski definition) is 3. The van der Waals surface area contributed by atoms with Gasteiger partial charge in [-0.25, -0.2) is 0 Å². The summed E-state index contributed by atoms with van der Waals surface area (Å²) in [4.78, 5) is 15.9. The molecule has 2 heterocycles. The van der Waals surface area contributed by atoms with Crippen LogP contribution in [0.4, 0.5) is 0 Å². The Hall–Kier alpha value is -2.11. The van der Waals surface area contributed by atoms with Crippen LogP contribution in [0.5, 0.6) is 0 Å². The standard InChI is InChI=1S/C19H20N2O2S/c22-18(13-7-8-24-11-13)10-20-19(23)12-5-6-17-15(9-12)14-3-1-2-4-16(14)21-17/h5-9,11,18,21-22H,1-4,10H2,(H,20,23). The quantitative estimate of drug-likeness (QED) is 0.680. The largest absolute Gasteiger partial charge is 0.387 e. The van der Waals surface area contributed by atoms with Gasteiger partial charge in [0.15, 0.2) is 0 Å². The van der Waals surface area contributed by atoms with Crippen molar-refractivity contribution in [3.05, 3.63) is 57.4 Å². The summed E-state index contributed by atoms with van der Waals surface area (Å²) in [7, 11) is 0. The van der Waals surface area contributed by atoms with Gasteiger partial charge in [-0.2, -0.15) is 11.3 Å². The van der Waals surface area contributed by atoms with Crippen LogP contribution < -0.4 is 5.32 Å². The van der Waals surface area contributed by atoms with E-state index in [2.05, 4.69) is 10.3 Å². The minimum absolute atomic E-state index is 0.142. The van der Waals surface area contributed by atoms with E-state index in [1.165, 1.54) is 35.4 Å². The van der Waals surface area contributed by atoms with E-state index in [4.69, 9.17) is 0 Å². The van der Waals surface area contributed by atoms with Crippen LogP contribution in [0.1, 0.15) is 46.1 Å². The number of aryl methyl sites for hydroxylation is 2. The van der Waals surface area contributed by atoms with Crippen molar-refractivity contribution in [2.24, 2.45) is 0 Å². The van der Waals surface area contributed by atoms with Gasteiger partial charge in [0.05, 0.1) is 6.10 Å². The molecule has 2 aromatic heterocycles. The predicted molar refractivity (Wildman–Crippen MR) is 96.6 cm³/mol. The second-order valence-electron chi connectivity index (χ2n) is 6.33. The Kier molecular flexibility index (Phi) is 4.12. The second-order valence-corrected chi connectivity index (χ2v) is 7.11. The number of hydrogen-bond donors (Lipinski definition) is 3. The average molecular weight is 340 g/mol. The summed E-state index contributed by atoms with van der Waals surface area (Å²) in [5.74, 6) is -0.142. The highest BCUT2D eigenvalue weighted by molar-refractivity contribution is 7.07. The van der Waals surface area contributed by atoms with Gasteiger partial charge in [-0.05, 0) is 71.8 Å². The first kappa shape index (κ1) is 15.4. The number of rotatable bonds is 4. The molecule has 0 saturated heterocycles. The molecule has 3 aromatic rings. The minimum atomic E-state index is -0.663. The number of nitrogens with one attached hydrogen (secondary N) is 2. The molecule has 1 atom stereocenters. The molecule has 5 heteroatoms. The Morgan fingerprint density at radius 1 is 1.29 bits per heavy atom. The molecule has 0 bridgehead atoms. The summed E-state index contributed by atoms with van der Waals surface area (Å²) in [6.45, 7) is 0.221. The van der Waals surface area contributed by atoms with E-state index >= 15 is 0 Å². The Balaban J connectivity index is 1.52. The normalized spacial score (nSPS) is 15.2. The SMILES string of the molecule is O=C(NCC(O)c1ccsc1)c1ccc2[nH]c3c(c2c1)CCCC3. The summed E-state index contributed by atoms with van der Waals surface area (Å²) < 4.78 is 0. The molecule has 0 saturated carbocycles. The molecule has 1 unspecified atom stereocenters. The molecule has 1 aliphatic rings. The van der Waals surface area contributed by atoms with Crippen molar-refractivity contribution in [3.8, 4) is 0 Å².